The molecule has 0 saturated heterocycles. The van der Waals surface area contributed by atoms with E-state index in [4.69, 9.17) is 38.9 Å². The number of hydrogen-bond acceptors (Lipinski definition) is 12. The molecular formula is C25H37NO11. The maximum atomic E-state index is 12.5. The van der Waals surface area contributed by atoms with Crippen LogP contribution in [-0.2, 0) is 34.9 Å². The SMILES string of the molecule is CC[C@H](C)OC(=O)OCC[C@@](N)(Cc1ccc(OC(=O)OC(C)C)c(OC(=O)OC(C)C)c1)C(=O)OC. The van der Waals surface area contributed by atoms with Crippen molar-refractivity contribution in [1.29, 1.82) is 0 Å². The van der Waals surface area contributed by atoms with Crippen LogP contribution in [0.25, 0.3) is 0 Å². The molecule has 2 atom stereocenters. The summed E-state index contributed by atoms with van der Waals surface area (Å²) >= 11 is 0. The van der Waals surface area contributed by atoms with Gasteiger partial charge < -0.3 is 38.9 Å². The van der Waals surface area contributed by atoms with E-state index in [9.17, 15) is 19.2 Å². The van der Waals surface area contributed by atoms with Crippen molar-refractivity contribution in [3.63, 3.8) is 0 Å². The highest BCUT2D eigenvalue weighted by Gasteiger charge is 2.36. The number of nitrogens with two attached hydrogens (primary N) is 1. The van der Waals surface area contributed by atoms with Crippen LogP contribution in [0.2, 0.25) is 0 Å². The van der Waals surface area contributed by atoms with E-state index in [-0.39, 0.29) is 37.1 Å². The third kappa shape index (κ3) is 11.4. The molecule has 0 bridgehead atoms. The van der Waals surface area contributed by atoms with Crippen LogP contribution in [0.15, 0.2) is 18.2 Å². The molecule has 37 heavy (non-hydrogen) atoms. The topological polar surface area (TPSA) is 159 Å². The van der Waals surface area contributed by atoms with Crippen LogP contribution in [0, 0.1) is 0 Å². The quantitative estimate of drug-likeness (QED) is 0.234. The Hall–Kier alpha value is -3.54. The van der Waals surface area contributed by atoms with E-state index in [2.05, 4.69) is 0 Å². The Morgan fingerprint density at radius 2 is 1.43 bits per heavy atom. The number of rotatable bonds is 12. The minimum atomic E-state index is -1.61. The summed E-state index contributed by atoms with van der Waals surface area (Å²) in [7, 11) is 1.18. The van der Waals surface area contributed by atoms with Gasteiger partial charge in [0.25, 0.3) is 0 Å². The van der Waals surface area contributed by atoms with E-state index in [0.717, 1.165) is 0 Å². The maximum Gasteiger partial charge on any atom is 0.514 e. The van der Waals surface area contributed by atoms with Crippen LogP contribution in [0.1, 0.15) is 59.9 Å². The van der Waals surface area contributed by atoms with E-state index in [1.165, 1.54) is 25.3 Å². The van der Waals surface area contributed by atoms with Crippen LogP contribution < -0.4 is 15.2 Å². The molecule has 0 heterocycles. The highest BCUT2D eigenvalue weighted by Crippen LogP contribution is 2.31. The number of esters is 1. The van der Waals surface area contributed by atoms with Gasteiger partial charge in [0, 0.05) is 12.8 Å². The molecule has 0 unspecified atom stereocenters. The molecule has 12 heteroatoms. The first-order valence-electron chi connectivity index (χ1n) is 11.9. The zero-order valence-corrected chi connectivity index (χ0v) is 22.4. The molecule has 0 aliphatic carbocycles. The predicted octanol–water partition coefficient (Wildman–Crippen LogP) is 4.29. The van der Waals surface area contributed by atoms with Crippen LogP contribution in [0.4, 0.5) is 14.4 Å². The van der Waals surface area contributed by atoms with Gasteiger partial charge in [-0.25, -0.2) is 14.4 Å². The van der Waals surface area contributed by atoms with E-state index >= 15 is 0 Å². The molecule has 0 radical (unpaired) electrons. The lowest BCUT2D eigenvalue weighted by molar-refractivity contribution is -0.147. The Morgan fingerprint density at radius 3 is 1.95 bits per heavy atom. The summed E-state index contributed by atoms with van der Waals surface area (Å²) in [6.07, 6.45) is -3.73. The average Bonchev–Trinajstić information content (AvgIpc) is 2.78. The fourth-order valence-corrected chi connectivity index (χ4v) is 2.87. The molecule has 0 spiro atoms. The van der Waals surface area contributed by atoms with E-state index in [0.29, 0.717) is 12.0 Å². The highest BCUT2D eigenvalue weighted by atomic mass is 16.8. The number of carbonyl (C=O) groups excluding carboxylic acids is 4. The number of carbonyl (C=O) groups is 4. The lowest BCUT2D eigenvalue weighted by atomic mass is 9.88. The summed E-state index contributed by atoms with van der Waals surface area (Å²) in [5.41, 5.74) is 5.16. The van der Waals surface area contributed by atoms with Gasteiger partial charge in [-0.05, 0) is 58.7 Å². The molecule has 208 valence electrons. The minimum absolute atomic E-state index is 0.0974. The van der Waals surface area contributed by atoms with Crippen molar-refractivity contribution in [2.75, 3.05) is 13.7 Å². The predicted molar refractivity (Wildman–Crippen MR) is 130 cm³/mol. The third-order valence-corrected chi connectivity index (χ3v) is 4.81. The molecule has 0 aliphatic heterocycles. The molecule has 2 N–H and O–H groups in total. The molecule has 0 aromatic heterocycles. The fourth-order valence-electron chi connectivity index (χ4n) is 2.87. The Balaban J connectivity index is 3.13. The summed E-state index contributed by atoms with van der Waals surface area (Å²) in [6, 6.07) is 4.23. The number of methoxy groups -OCH3 is 1. The summed E-state index contributed by atoms with van der Waals surface area (Å²) in [5.74, 6) is -1.04. The van der Waals surface area contributed by atoms with Gasteiger partial charge in [-0.1, -0.05) is 13.0 Å². The second-order valence-electron chi connectivity index (χ2n) is 8.83. The van der Waals surface area contributed by atoms with Gasteiger partial charge >= 0.3 is 24.4 Å². The molecule has 0 amide bonds. The number of ether oxygens (including phenoxy) is 7. The summed E-state index contributed by atoms with van der Waals surface area (Å²) in [6.45, 7) is 9.91. The lowest BCUT2D eigenvalue weighted by Crippen LogP contribution is -2.51. The fraction of sp³-hybridized carbons (Fsp3) is 0.600. The lowest BCUT2D eigenvalue weighted by Gasteiger charge is -2.26. The van der Waals surface area contributed by atoms with Crippen molar-refractivity contribution in [3.05, 3.63) is 23.8 Å². The maximum absolute atomic E-state index is 12.5. The van der Waals surface area contributed by atoms with Crippen LogP contribution in [-0.4, -0.2) is 62.0 Å². The zero-order valence-electron chi connectivity index (χ0n) is 22.4. The van der Waals surface area contributed by atoms with Crippen molar-refractivity contribution in [2.45, 2.75) is 84.7 Å². The summed E-state index contributed by atoms with van der Waals surface area (Å²) < 4.78 is 35.3. The van der Waals surface area contributed by atoms with E-state index in [1.807, 2.05) is 6.92 Å². The van der Waals surface area contributed by atoms with Crippen molar-refractivity contribution >= 4 is 24.4 Å². The first kappa shape index (κ1) is 31.5. The molecule has 12 nitrogen and oxygen atoms in total. The standard InChI is InChI=1S/C25H37NO11/c1-8-17(6)35-22(28)32-12-11-25(26,21(27)31-7)14-18-9-10-19(36-23(29)33-15(2)3)20(13-18)37-24(30)34-16(4)5/h9-10,13,15-17H,8,11-12,14,26H2,1-7H3/t17-,25+/m0/s1. The number of benzene rings is 1. The van der Waals surface area contributed by atoms with Crippen LogP contribution in [0.5, 0.6) is 11.5 Å². The summed E-state index contributed by atoms with van der Waals surface area (Å²) in [5, 5.41) is 0. The molecular weight excluding hydrogens is 490 g/mol. The number of hydrogen-bond donors (Lipinski definition) is 1. The first-order valence-corrected chi connectivity index (χ1v) is 11.9. The average molecular weight is 528 g/mol. The Kier molecular flexibility index (Phi) is 12.7. The van der Waals surface area contributed by atoms with Gasteiger partial charge in [0.2, 0.25) is 0 Å². The van der Waals surface area contributed by atoms with Crippen LogP contribution in [0.3, 0.4) is 0 Å². The Bertz CT molecular complexity index is 931. The third-order valence-electron chi connectivity index (χ3n) is 4.81. The van der Waals surface area contributed by atoms with Gasteiger partial charge in [-0.3, -0.25) is 4.79 Å². The van der Waals surface area contributed by atoms with Gasteiger partial charge in [-0.2, -0.15) is 0 Å². The van der Waals surface area contributed by atoms with Crippen molar-refractivity contribution in [2.24, 2.45) is 5.73 Å². The highest BCUT2D eigenvalue weighted by molar-refractivity contribution is 5.81. The molecule has 0 fully saturated rings. The van der Waals surface area contributed by atoms with Gasteiger partial charge in [0.05, 0.1) is 25.9 Å². The molecule has 1 aromatic rings. The van der Waals surface area contributed by atoms with E-state index < -0.39 is 42.2 Å². The molecule has 1 aromatic carbocycles. The smallest absolute Gasteiger partial charge is 0.468 e. The van der Waals surface area contributed by atoms with Gasteiger partial charge in [-0.15, -0.1) is 0 Å². The molecule has 0 saturated carbocycles. The molecule has 0 aliphatic rings. The largest absolute Gasteiger partial charge is 0.514 e. The normalized spacial score (nSPS) is 13.2. The van der Waals surface area contributed by atoms with Crippen molar-refractivity contribution < 1.29 is 52.3 Å². The second kappa shape index (κ2) is 14.9. The minimum Gasteiger partial charge on any atom is -0.468 e. The van der Waals surface area contributed by atoms with Crippen molar-refractivity contribution in [3.8, 4) is 11.5 Å². The zero-order chi connectivity index (χ0) is 28.2. The molecule has 1 rings (SSSR count). The summed E-state index contributed by atoms with van der Waals surface area (Å²) in [4.78, 5) is 48.4. The van der Waals surface area contributed by atoms with Crippen LogP contribution >= 0.6 is 0 Å². The Morgan fingerprint density at radius 1 is 0.865 bits per heavy atom. The van der Waals surface area contributed by atoms with Gasteiger partial charge in [0.1, 0.15) is 11.6 Å². The van der Waals surface area contributed by atoms with Crippen molar-refractivity contribution in [1.82, 2.24) is 0 Å². The second-order valence-corrected chi connectivity index (χ2v) is 8.83. The Labute approximate surface area is 216 Å². The van der Waals surface area contributed by atoms with E-state index in [1.54, 1.807) is 34.6 Å². The van der Waals surface area contributed by atoms with Gasteiger partial charge in [0.15, 0.2) is 11.5 Å². The first-order chi connectivity index (χ1) is 17.3. The monoisotopic (exact) mass is 527 g/mol.